The summed E-state index contributed by atoms with van der Waals surface area (Å²) in [6.07, 6.45) is 4.05. The van der Waals surface area contributed by atoms with Crippen molar-refractivity contribution in [2.75, 3.05) is 26.9 Å². The molecule has 0 unspecified atom stereocenters. The average molecular weight is 396 g/mol. The second kappa shape index (κ2) is 9.34. The van der Waals surface area contributed by atoms with E-state index < -0.39 is 17.7 Å². The molecule has 1 fully saturated rings. The standard InChI is InChI=1S/C22H24N2O5/c1-3-11-29-17-8-4-6-15(13-17)20(25)18-19(16-7-5-9-23-14-16)24(10-12-28-2)22(27)21(18)26/h4-9,13-14,19,25H,3,10-12H2,1-2H3/t19-/m1/s1. The summed E-state index contributed by atoms with van der Waals surface area (Å²) in [4.78, 5) is 31.0. The lowest BCUT2D eigenvalue weighted by molar-refractivity contribution is -0.140. The van der Waals surface area contributed by atoms with E-state index in [9.17, 15) is 14.7 Å². The minimum Gasteiger partial charge on any atom is -0.507 e. The van der Waals surface area contributed by atoms with Crippen LogP contribution in [0.2, 0.25) is 0 Å². The Hall–Kier alpha value is -3.19. The summed E-state index contributed by atoms with van der Waals surface area (Å²) in [6, 6.07) is 9.62. The van der Waals surface area contributed by atoms with E-state index in [0.717, 1.165) is 6.42 Å². The fraction of sp³-hybridized carbons (Fsp3) is 0.318. The second-order valence-corrected chi connectivity index (χ2v) is 6.65. The number of hydrogen-bond donors (Lipinski definition) is 1. The molecule has 0 spiro atoms. The Bertz CT molecular complexity index is 910. The molecule has 3 rings (SSSR count). The number of carbonyl (C=O) groups excluding carboxylic acids is 2. The van der Waals surface area contributed by atoms with Crippen molar-refractivity contribution in [1.29, 1.82) is 0 Å². The number of aromatic nitrogens is 1. The third-order valence-corrected chi connectivity index (χ3v) is 4.66. The Kier molecular flexibility index (Phi) is 6.61. The van der Waals surface area contributed by atoms with Crippen LogP contribution in [0, 0.1) is 0 Å². The van der Waals surface area contributed by atoms with Gasteiger partial charge in [0, 0.05) is 31.6 Å². The van der Waals surface area contributed by atoms with Crippen LogP contribution in [-0.4, -0.2) is 53.5 Å². The number of amides is 1. The van der Waals surface area contributed by atoms with Crippen LogP contribution in [-0.2, 0) is 14.3 Å². The van der Waals surface area contributed by atoms with Gasteiger partial charge in [0.05, 0.1) is 24.8 Å². The molecular weight excluding hydrogens is 372 g/mol. The highest BCUT2D eigenvalue weighted by Crippen LogP contribution is 2.39. The maximum atomic E-state index is 12.8. The van der Waals surface area contributed by atoms with Crippen molar-refractivity contribution in [2.24, 2.45) is 0 Å². The van der Waals surface area contributed by atoms with Crippen LogP contribution in [0.25, 0.3) is 5.76 Å². The number of ketones is 1. The number of Topliss-reactive ketones (excluding diaryl/α,β-unsaturated/α-hetero) is 1. The number of ether oxygens (including phenoxy) is 2. The monoisotopic (exact) mass is 396 g/mol. The van der Waals surface area contributed by atoms with Crippen molar-refractivity contribution in [3.05, 3.63) is 65.5 Å². The maximum Gasteiger partial charge on any atom is 0.295 e. The topological polar surface area (TPSA) is 89.0 Å². The highest BCUT2D eigenvalue weighted by molar-refractivity contribution is 6.46. The number of aliphatic hydroxyl groups excluding tert-OH is 1. The molecule has 1 saturated heterocycles. The van der Waals surface area contributed by atoms with E-state index in [4.69, 9.17) is 9.47 Å². The average Bonchev–Trinajstić information content (AvgIpc) is 3.01. The number of benzene rings is 1. The molecule has 0 saturated carbocycles. The van der Waals surface area contributed by atoms with Gasteiger partial charge in [0.15, 0.2) is 0 Å². The van der Waals surface area contributed by atoms with E-state index in [1.807, 2.05) is 6.92 Å². The summed E-state index contributed by atoms with van der Waals surface area (Å²) in [5.41, 5.74) is 1.09. The molecule has 0 radical (unpaired) electrons. The summed E-state index contributed by atoms with van der Waals surface area (Å²) >= 11 is 0. The summed E-state index contributed by atoms with van der Waals surface area (Å²) in [5, 5.41) is 11.0. The van der Waals surface area contributed by atoms with E-state index in [2.05, 4.69) is 4.98 Å². The van der Waals surface area contributed by atoms with Crippen molar-refractivity contribution in [3.63, 3.8) is 0 Å². The Morgan fingerprint density at radius 3 is 2.72 bits per heavy atom. The Morgan fingerprint density at radius 2 is 2.03 bits per heavy atom. The van der Waals surface area contributed by atoms with Crippen LogP contribution in [0.1, 0.15) is 30.5 Å². The Balaban J connectivity index is 2.08. The molecule has 1 aliphatic heterocycles. The predicted octanol–water partition coefficient (Wildman–Crippen LogP) is 2.94. The highest BCUT2D eigenvalue weighted by atomic mass is 16.5. The zero-order chi connectivity index (χ0) is 20.8. The van der Waals surface area contributed by atoms with Gasteiger partial charge in [0.25, 0.3) is 11.7 Å². The predicted molar refractivity (Wildman–Crippen MR) is 107 cm³/mol. The number of methoxy groups -OCH3 is 1. The van der Waals surface area contributed by atoms with Crippen molar-refractivity contribution >= 4 is 17.4 Å². The van der Waals surface area contributed by atoms with Crippen LogP contribution in [0.15, 0.2) is 54.4 Å². The van der Waals surface area contributed by atoms with Crippen LogP contribution in [0.3, 0.4) is 0 Å². The highest BCUT2D eigenvalue weighted by Gasteiger charge is 2.45. The van der Waals surface area contributed by atoms with Crippen molar-refractivity contribution in [2.45, 2.75) is 19.4 Å². The van der Waals surface area contributed by atoms with Gasteiger partial charge in [-0.05, 0) is 30.2 Å². The first-order valence-corrected chi connectivity index (χ1v) is 9.49. The lowest BCUT2D eigenvalue weighted by atomic mass is 9.96. The van der Waals surface area contributed by atoms with Gasteiger partial charge in [-0.25, -0.2) is 0 Å². The quantitative estimate of drug-likeness (QED) is 0.419. The van der Waals surface area contributed by atoms with Crippen molar-refractivity contribution in [1.82, 2.24) is 9.88 Å². The number of carbonyl (C=O) groups is 2. The van der Waals surface area contributed by atoms with Gasteiger partial charge in [-0.1, -0.05) is 25.1 Å². The summed E-state index contributed by atoms with van der Waals surface area (Å²) in [6.45, 7) is 3.03. The van der Waals surface area contributed by atoms with Gasteiger partial charge < -0.3 is 19.5 Å². The van der Waals surface area contributed by atoms with E-state index in [1.54, 1.807) is 48.8 Å². The Labute approximate surface area is 169 Å². The molecule has 1 atom stereocenters. The molecule has 2 aromatic rings. The molecule has 1 aromatic carbocycles. The summed E-state index contributed by atoms with van der Waals surface area (Å²) in [5.74, 6) is -1.05. The van der Waals surface area contributed by atoms with Crippen LogP contribution in [0.5, 0.6) is 5.75 Å². The van der Waals surface area contributed by atoms with Gasteiger partial charge in [0.1, 0.15) is 11.5 Å². The van der Waals surface area contributed by atoms with Crippen LogP contribution < -0.4 is 4.74 Å². The van der Waals surface area contributed by atoms with E-state index in [-0.39, 0.29) is 24.5 Å². The number of hydrogen-bond acceptors (Lipinski definition) is 6. The number of pyridine rings is 1. The fourth-order valence-corrected chi connectivity index (χ4v) is 3.29. The molecule has 152 valence electrons. The molecule has 1 N–H and O–H groups in total. The van der Waals surface area contributed by atoms with Gasteiger partial charge in [0.2, 0.25) is 0 Å². The van der Waals surface area contributed by atoms with E-state index in [1.165, 1.54) is 12.0 Å². The SMILES string of the molecule is CCCOc1cccc(C(O)=C2C(=O)C(=O)N(CCOC)[C@@H]2c2cccnc2)c1. The third-order valence-electron chi connectivity index (χ3n) is 4.66. The summed E-state index contributed by atoms with van der Waals surface area (Å²) in [7, 11) is 1.53. The molecule has 0 aliphatic carbocycles. The van der Waals surface area contributed by atoms with Gasteiger partial charge >= 0.3 is 0 Å². The second-order valence-electron chi connectivity index (χ2n) is 6.65. The molecule has 7 nitrogen and oxygen atoms in total. The van der Waals surface area contributed by atoms with Crippen LogP contribution >= 0.6 is 0 Å². The number of aliphatic hydroxyl groups is 1. The van der Waals surface area contributed by atoms with Gasteiger partial charge in [-0.15, -0.1) is 0 Å². The van der Waals surface area contributed by atoms with E-state index >= 15 is 0 Å². The number of nitrogens with zero attached hydrogens (tertiary/aromatic N) is 2. The minimum absolute atomic E-state index is 0.0340. The number of likely N-dealkylation sites (tertiary alicyclic amines) is 1. The molecule has 1 aromatic heterocycles. The molecule has 2 heterocycles. The molecule has 1 amide bonds. The molecule has 1 aliphatic rings. The largest absolute Gasteiger partial charge is 0.507 e. The van der Waals surface area contributed by atoms with Gasteiger partial charge in [-0.2, -0.15) is 0 Å². The lowest BCUT2D eigenvalue weighted by Crippen LogP contribution is -2.32. The molecule has 7 heteroatoms. The molecule has 0 bridgehead atoms. The first kappa shape index (κ1) is 20.5. The fourth-order valence-electron chi connectivity index (χ4n) is 3.29. The maximum absolute atomic E-state index is 12.8. The van der Waals surface area contributed by atoms with Crippen molar-refractivity contribution < 1.29 is 24.2 Å². The minimum atomic E-state index is -0.737. The normalized spacial score (nSPS) is 18.3. The van der Waals surface area contributed by atoms with Crippen molar-refractivity contribution in [3.8, 4) is 5.75 Å². The molecule has 29 heavy (non-hydrogen) atoms. The summed E-state index contributed by atoms with van der Waals surface area (Å²) < 4.78 is 10.7. The first-order chi connectivity index (χ1) is 14.1. The first-order valence-electron chi connectivity index (χ1n) is 9.49. The Morgan fingerprint density at radius 1 is 1.21 bits per heavy atom. The third kappa shape index (κ3) is 4.30. The zero-order valence-corrected chi connectivity index (χ0v) is 16.5. The number of rotatable bonds is 8. The lowest BCUT2D eigenvalue weighted by Gasteiger charge is -2.24. The van der Waals surface area contributed by atoms with E-state index in [0.29, 0.717) is 23.5 Å². The van der Waals surface area contributed by atoms with Gasteiger partial charge in [-0.3, -0.25) is 14.6 Å². The zero-order valence-electron chi connectivity index (χ0n) is 16.5. The smallest absolute Gasteiger partial charge is 0.295 e. The van der Waals surface area contributed by atoms with Crippen LogP contribution in [0.4, 0.5) is 0 Å². The molecular formula is C22H24N2O5.